The highest BCUT2D eigenvalue weighted by Gasteiger charge is 2.21. The Morgan fingerprint density at radius 3 is 2.89 bits per heavy atom. The average Bonchev–Trinajstić information content (AvgIpc) is 2.78. The molecule has 1 fully saturated rings. The largest absolute Gasteiger partial charge is 0.398 e. The molecule has 1 heterocycles. The van der Waals surface area contributed by atoms with Crippen LogP contribution in [0.3, 0.4) is 0 Å². The topological polar surface area (TPSA) is 58.4 Å². The van der Waals surface area contributed by atoms with Crippen molar-refractivity contribution in [1.29, 1.82) is 0 Å². The van der Waals surface area contributed by atoms with Crippen molar-refractivity contribution in [3.63, 3.8) is 0 Å². The van der Waals surface area contributed by atoms with E-state index in [1.807, 2.05) is 7.05 Å². The number of benzene rings is 1. The number of carbonyl (C=O) groups is 1. The number of nitrogens with one attached hydrogen (secondary N) is 1. The van der Waals surface area contributed by atoms with Gasteiger partial charge in [0.25, 0.3) is 5.91 Å². The third-order valence-electron chi connectivity index (χ3n) is 3.82. The Bertz CT molecular complexity index is 467. The van der Waals surface area contributed by atoms with Crippen LogP contribution in [0.1, 0.15) is 28.8 Å². The highest BCUT2D eigenvalue weighted by molar-refractivity contribution is 5.95. The first-order valence-corrected chi connectivity index (χ1v) is 6.53. The molecule has 1 saturated heterocycles. The van der Waals surface area contributed by atoms with E-state index < -0.39 is 5.82 Å². The van der Waals surface area contributed by atoms with Gasteiger partial charge in [-0.1, -0.05) is 0 Å². The number of carbonyl (C=O) groups excluding carboxylic acids is 1. The molecule has 1 aromatic carbocycles. The van der Waals surface area contributed by atoms with Crippen molar-refractivity contribution in [3.8, 4) is 0 Å². The predicted molar refractivity (Wildman–Crippen MR) is 73.5 cm³/mol. The number of nitrogen functional groups attached to an aromatic ring is 1. The highest BCUT2D eigenvalue weighted by Crippen LogP contribution is 2.18. The Morgan fingerprint density at radius 2 is 2.32 bits per heavy atom. The lowest BCUT2D eigenvalue weighted by Crippen LogP contribution is -2.38. The van der Waals surface area contributed by atoms with Gasteiger partial charge in [-0.05, 0) is 45.5 Å². The first-order valence-electron chi connectivity index (χ1n) is 6.53. The zero-order chi connectivity index (χ0) is 14.0. The van der Waals surface area contributed by atoms with Crippen molar-refractivity contribution in [2.24, 2.45) is 0 Å². The third-order valence-corrected chi connectivity index (χ3v) is 3.82. The van der Waals surface area contributed by atoms with E-state index in [9.17, 15) is 9.18 Å². The van der Waals surface area contributed by atoms with E-state index >= 15 is 0 Å². The lowest BCUT2D eigenvalue weighted by atomic mass is 10.1. The molecule has 0 saturated carbocycles. The highest BCUT2D eigenvalue weighted by atomic mass is 19.1. The minimum absolute atomic E-state index is 0.272. The molecular weight excluding hydrogens is 245 g/mol. The van der Waals surface area contributed by atoms with Gasteiger partial charge < -0.3 is 16.0 Å². The molecule has 0 spiro atoms. The van der Waals surface area contributed by atoms with Crippen LogP contribution in [0.25, 0.3) is 0 Å². The second-order valence-corrected chi connectivity index (χ2v) is 5.16. The first-order chi connectivity index (χ1) is 8.99. The molecule has 2 rings (SSSR count). The fourth-order valence-electron chi connectivity index (χ4n) is 2.38. The zero-order valence-corrected chi connectivity index (χ0v) is 11.4. The standard InChI is InChI=1S/C14H20FN3O/c1-9-12(15)6-10(7-13(9)16)14(19)17-8-11-4-3-5-18(11)2/h6-7,11H,3-5,8,16H2,1-2H3,(H,17,19). The molecule has 1 aromatic rings. The molecule has 0 aromatic heterocycles. The van der Waals surface area contributed by atoms with E-state index in [2.05, 4.69) is 10.2 Å². The van der Waals surface area contributed by atoms with Crippen LogP contribution in [0.4, 0.5) is 10.1 Å². The summed E-state index contributed by atoms with van der Waals surface area (Å²) >= 11 is 0. The van der Waals surface area contributed by atoms with Crippen LogP contribution in [-0.4, -0.2) is 37.0 Å². The second kappa shape index (κ2) is 5.57. The number of rotatable bonds is 3. The minimum Gasteiger partial charge on any atom is -0.398 e. The van der Waals surface area contributed by atoms with Crippen molar-refractivity contribution in [2.45, 2.75) is 25.8 Å². The van der Waals surface area contributed by atoms with Crippen LogP contribution in [0.15, 0.2) is 12.1 Å². The molecule has 1 unspecified atom stereocenters. The molecule has 5 heteroatoms. The fraction of sp³-hybridized carbons (Fsp3) is 0.500. The van der Waals surface area contributed by atoms with Crippen molar-refractivity contribution in [3.05, 3.63) is 29.1 Å². The third kappa shape index (κ3) is 3.04. The molecule has 3 N–H and O–H groups in total. The molecule has 1 amide bonds. The van der Waals surface area contributed by atoms with Crippen LogP contribution in [0, 0.1) is 12.7 Å². The van der Waals surface area contributed by atoms with Gasteiger partial charge in [0, 0.05) is 29.4 Å². The summed E-state index contributed by atoms with van der Waals surface area (Å²) in [7, 11) is 2.05. The van der Waals surface area contributed by atoms with Crippen molar-refractivity contribution in [2.75, 3.05) is 25.9 Å². The summed E-state index contributed by atoms with van der Waals surface area (Å²) in [6.45, 7) is 3.25. The summed E-state index contributed by atoms with van der Waals surface area (Å²) < 4.78 is 13.5. The van der Waals surface area contributed by atoms with Crippen LogP contribution < -0.4 is 11.1 Å². The lowest BCUT2D eigenvalue weighted by molar-refractivity contribution is 0.0943. The predicted octanol–water partition coefficient (Wildman–Crippen LogP) is 1.54. The van der Waals surface area contributed by atoms with Gasteiger partial charge in [0.2, 0.25) is 0 Å². The minimum atomic E-state index is -0.442. The van der Waals surface area contributed by atoms with E-state index in [0.29, 0.717) is 23.8 Å². The van der Waals surface area contributed by atoms with Gasteiger partial charge in [0.05, 0.1) is 0 Å². The maximum absolute atomic E-state index is 13.5. The number of likely N-dealkylation sites (tertiary alicyclic amines) is 1. The average molecular weight is 265 g/mol. The Kier molecular flexibility index (Phi) is 4.04. The molecule has 1 aliphatic heterocycles. The van der Waals surface area contributed by atoms with Crippen LogP contribution >= 0.6 is 0 Å². The van der Waals surface area contributed by atoms with Crippen LogP contribution in [0.5, 0.6) is 0 Å². The monoisotopic (exact) mass is 265 g/mol. The maximum atomic E-state index is 13.5. The number of hydrogen-bond acceptors (Lipinski definition) is 3. The Balaban J connectivity index is 2.00. The molecule has 0 aliphatic carbocycles. The number of hydrogen-bond donors (Lipinski definition) is 2. The Hall–Kier alpha value is -1.62. The summed E-state index contributed by atoms with van der Waals surface area (Å²) in [5, 5.41) is 2.84. The summed E-state index contributed by atoms with van der Waals surface area (Å²) in [5.74, 6) is -0.714. The van der Waals surface area contributed by atoms with Gasteiger partial charge in [-0.3, -0.25) is 4.79 Å². The number of amides is 1. The van der Waals surface area contributed by atoms with Gasteiger partial charge in [-0.15, -0.1) is 0 Å². The van der Waals surface area contributed by atoms with Crippen molar-refractivity contribution >= 4 is 11.6 Å². The number of nitrogens with zero attached hydrogens (tertiary/aromatic N) is 1. The summed E-state index contributed by atoms with van der Waals surface area (Å²) in [5.41, 5.74) is 6.64. The molecule has 1 aliphatic rings. The quantitative estimate of drug-likeness (QED) is 0.815. The second-order valence-electron chi connectivity index (χ2n) is 5.16. The number of anilines is 1. The van der Waals surface area contributed by atoms with Gasteiger partial charge >= 0.3 is 0 Å². The van der Waals surface area contributed by atoms with E-state index in [-0.39, 0.29) is 11.5 Å². The van der Waals surface area contributed by atoms with Crippen LogP contribution in [-0.2, 0) is 0 Å². The lowest BCUT2D eigenvalue weighted by Gasteiger charge is -2.19. The van der Waals surface area contributed by atoms with E-state index in [0.717, 1.165) is 19.4 Å². The molecule has 1 atom stereocenters. The SMILES string of the molecule is Cc1c(N)cc(C(=O)NCC2CCCN2C)cc1F. The van der Waals surface area contributed by atoms with E-state index in [4.69, 9.17) is 5.73 Å². The van der Waals surface area contributed by atoms with Gasteiger partial charge in [0.15, 0.2) is 0 Å². The summed E-state index contributed by atoms with van der Waals surface area (Å²) in [4.78, 5) is 14.2. The molecule has 19 heavy (non-hydrogen) atoms. The first kappa shape index (κ1) is 13.8. The molecule has 0 bridgehead atoms. The normalized spacial score (nSPS) is 19.6. The Morgan fingerprint density at radius 1 is 1.58 bits per heavy atom. The fourth-order valence-corrected chi connectivity index (χ4v) is 2.38. The molecular formula is C14H20FN3O. The summed E-state index contributed by atoms with van der Waals surface area (Å²) in [6.07, 6.45) is 2.24. The van der Waals surface area contributed by atoms with Gasteiger partial charge in [-0.25, -0.2) is 4.39 Å². The molecule has 104 valence electrons. The number of likely N-dealkylation sites (N-methyl/N-ethyl adjacent to an activating group) is 1. The van der Waals surface area contributed by atoms with Gasteiger partial charge in [0.1, 0.15) is 5.82 Å². The van der Waals surface area contributed by atoms with E-state index in [1.54, 1.807) is 6.92 Å². The smallest absolute Gasteiger partial charge is 0.251 e. The number of nitrogens with two attached hydrogens (primary N) is 1. The zero-order valence-electron chi connectivity index (χ0n) is 11.4. The van der Waals surface area contributed by atoms with Crippen LogP contribution in [0.2, 0.25) is 0 Å². The maximum Gasteiger partial charge on any atom is 0.251 e. The van der Waals surface area contributed by atoms with Gasteiger partial charge in [-0.2, -0.15) is 0 Å². The van der Waals surface area contributed by atoms with E-state index in [1.165, 1.54) is 12.1 Å². The summed E-state index contributed by atoms with van der Waals surface area (Å²) in [6, 6.07) is 3.13. The Labute approximate surface area is 112 Å². The number of halogens is 1. The molecule has 4 nitrogen and oxygen atoms in total. The molecule has 0 radical (unpaired) electrons. The van der Waals surface area contributed by atoms with Crippen molar-refractivity contribution in [1.82, 2.24) is 10.2 Å². The van der Waals surface area contributed by atoms with Crippen molar-refractivity contribution < 1.29 is 9.18 Å².